The number of hydrogen-bond donors (Lipinski definition) is 2. The Morgan fingerprint density at radius 3 is 2.41 bits per heavy atom. The molecule has 0 saturated carbocycles. The number of rotatable bonds is 7. The second-order valence-corrected chi connectivity index (χ2v) is 6.27. The predicted octanol–water partition coefficient (Wildman–Crippen LogP) is 4.15. The first-order valence-corrected chi connectivity index (χ1v) is 8.80. The summed E-state index contributed by atoms with van der Waals surface area (Å²) in [5.41, 5.74) is 1.90. The van der Waals surface area contributed by atoms with Gasteiger partial charge in [0.05, 0.1) is 0 Å². The van der Waals surface area contributed by atoms with E-state index in [4.69, 9.17) is 4.74 Å². The molecule has 3 aromatic carbocycles. The predicted molar refractivity (Wildman–Crippen MR) is 103 cm³/mol. The fraction of sp³-hybridized carbons (Fsp3) is 0.182. The normalized spacial score (nSPS) is 11.7. The quantitative estimate of drug-likeness (QED) is 0.661. The smallest absolute Gasteiger partial charge is 0.408 e. The van der Waals surface area contributed by atoms with E-state index in [0.717, 1.165) is 21.9 Å². The van der Waals surface area contributed by atoms with Crippen molar-refractivity contribution in [3.63, 3.8) is 0 Å². The van der Waals surface area contributed by atoms with Crippen LogP contribution < -0.4 is 5.32 Å². The van der Waals surface area contributed by atoms with E-state index in [2.05, 4.69) is 5.32 Å². The van der Waals surface area contributed by atoms with Gasteiger partial charge >= 0.3 is 12.1 Å². The van der Waals surface area contributed by atoms with E-state index in [1.165, 1.54) is 0 Å². The SMILES string of the molecule is O=C(NC(CCc1cccc2ccccc12)C(=O)O)OCc1ccccc1. The molecule has 3 aromatic rings. The van der Waals surface area contributed by atoms with E-state index in [9.17, 15) is 14.7 Å². The summed E-state index contributed by atoms with van der Waals surface area (Å²) in [6.45, 7) is 0.0995. The highest BCUT2D eigenvalue weighted by Gasteiger charge is 2.21. The van der Waals surface area contributed by atoms with Gasteiger partial charge in [-0.2, -0.15) is 0 Å². The third kappa shape index (κ3) is 5.07. The summed E-state index contributed by atoms with van der Waals surface area (Å²) in [6, 6.07) is 22.2. The number of aliphatic carboxylic acids is 1. The number of nitrogens with one attached hydrogen (secondary N) is 1. The van der Waals surface area contributed by atoms with Crippen LogP contribution in [0, 0.1) is 0 Å². The topological polar surface area (TPSA) is 75.6 Å². The number of carbonyl (C=O) groups is 2. The molecule has 5 nitrogen and oxygen atoms in total. The van der Waals surface area contributed by atoms with Gasteiger partial charge in [-0.15, -0.1) is 0 Å². The molecule has 0 fully saturated rings. The van der Waals surface area contributed by atoms with Gasteiger partial charge in [-0.05, 0) is 34.7 Å². The Labute approximate surface area is 157 Å². The van der Waals surface area contributed by atoms with Crippen molar-refractivity contribution in [2.24, 2.45) is 0 Å². The van der Waals surface area contributed by atoms with Gasteiger partial charge in [0.15, 0.2) is 0 Å². The maximum atomic E-state index is 12.0. The van der Waals surface area contributed by atoms with Crippen molar-refractivity contribution in [2.75, 3.05) is 0 Å². The second-order valence-electron chi connectivity index (χ2n) is 6.27. The molecule has 2 N–H and O–H groups in total. The summed E-state index contributed by atoms with van der Waals surface area (Å²) in [7, 11) is 0. The standard InChI is InChI=1S/C22H21NO4/c24-21(25)20(23-22(26)27-15-16-7-2-1-3-8-16)14-13-18-11-6-10-17-9-4-5-12-19(17)18/h1-12,20H,13-15H2,(H,23,26)(H,24,25). The van der Waals surface area contributed by atoms with Gasteiger partial charge in [-0.1, -0.05) is 72.8 Å². The maximum absolute atomic E-state index is 12.0. The lowest BCUT2D eigenvalue weighted by Gasteiger charge is -2.15. The fourth-order valence-corrected chi connectivity index (χ4v) is 2.97. The molecule has 27 heavy (non-hydrogen) atoms. The number of amides is 1. The summed E-state index contributed by atoms with van der Waals surface area (Å²) < 4.78 is 5.12. The zero-order valence-corrected chi connectivity index (χ0v) is 14.8. The monoisotopic (exact) mass is 363 g/mol. The van der Waals surface area contributed by atoms with E-state index in [1.54, 1.807) is 0 Å². The van der Waals surface area contributed by atoms with Gasteiger partial charge < -0.3 is 15.2 Å². The Morgan fingerprint density at radius 1 is 0.926 bits per heavy atom. The molecule has 0 aliphatic heterocycles. The molecule has 0 aromatic heterocycles. The summed E-state index contributed by atoms with van der Waals surface area (Å²) >= 11 is 0. The molecule has 0 aliphatic rings. The first-order chi connectivity index (χ1) is 13.1. The van der Waals surface area contributed by atoms with Crippen molar-refractivity contribution in [3.05, 3.63) is 83.9 Å². The van der Waals surface area contributed by atoms with Crippen molar-refractivity contribution in [3.8, 4) is 0 Å². The number of carboxylic acids is 1. The fourth-order valence-electron chi connectivity index (χ4n) is 2.97. The zero-order valence-electron chi connectivity index (χ0n) is 14.8. The summed E-state index contributed by atoms with van der Waals surface area (Å²) in [6.07, 6.45) is 0.0883. The van der Waals surface area contributed by atoms with E-state index in [-0.39, 0.29) is 13.0 Å². The highest BCUT2D eigenvalue weighted by Crippen LogP contribution is 2.20. The summed E-state index contributed by atoms with van der Waals surface area (Å²) in [5.74, 6) is -1.08. The Balaban J connectivity index is 1.59. The van der Waals surface area contributed by atoms with Gasteiger partial charge in [0.2, 0.25) is 0 Å². The number of fused-ring (bicyclic) bond motifs is 1. The molecule has 138 valence electrons. The number of alkyl carbamates (subject to hydrolysis) is 1. The first kappa shape index (κ1) is 18.5. The zero-order chi connectivity index (χ0) is 19.1. The molecule has 1 amide bonds. The summed E-state index contributed by atoms with van der Waals surface area (Å²) in [4.78, 5) is 23.5. The third-order valence-corrected chi connectivity index (χ3v) is 4.39. The van der Waals surface area contributed by atoms with Crippen LogP contribution in [-0.4, -0.2) is 23.2 Å². The van der Waals surface area contributed by atoms with Crippen molar-refractivity contribution in [1.29, 1.82) is 0 Å². The van der Waals surface area contributed by atoms with Gasteiger partial charge in [0.1, 0.15) is 12.6 Å². The number of aryl methyl sites for hydroxylation is 1. The van der Waals surface area contributed by atoms with Crippen LogP contribution in [-0.2, 0) is 22.6 Å². The molecular weight excluding hydrogens is 342 g/mol. The molecule has 0 heterocycles. The molecule has 0 radical (unpaired) electrons. The van der Waals surface area contributed by atoms with Gasteiger partial charge in [0.25, 0.3) is 0 Å². The molecule has 3 rings (SSSR count). The summed E-state index contributed by atoms with van der Waals surface area (Å²) in [5, 5.41) is 14.1. The van der Waals surface area contributed by atoms with Crippen LogP contribution in [0.15, 0.2) is 72.8 Å². The Bertz CT molecular complexity index is 919. The number of hydrogen-bond acceptors (Lipinski definition) is 3. The molecule has 0 aliphatic carbocycles. The lowest BCUT2D eigenvalue weighted by atomic mass is 9.99. The highest BCUT2D eigenvalue weighted by atomic mass is 16.5. The Hall–Kier alpha value is -3.34. The molecular formula is C22H21NO4. The second kappa shape index (κ2) is 8.85. The van der Waals surface area contributed by atoms with Crippen LogP contribution >= 0.6 is 0 Å². The van der Waals surface area contributed by atoms with Crippen molar-refractivity contribution >= 4 is 22.8 Å². The third-order valence-electron chi connectivity index (χ3n) is 4.39. The van der Waals surface area contributed by atoms with E-state index in [1.807, 2.05) is 72.8 Å². The Morgan fingerprint density at radius 2 is 1.63 bits per heavy atom. The number of benzene rings is 3. The highest BCUT2D eigenvalue weighted by molar-refractivity contribution is 5.86. The largest absolute Gasteiger partial charge is 0.480 e. The number of carboxylic acid groups (broad SMARTS) is 1. The molecule has 0 spiro atoms. The van der Waals surface area contributed by atoms with Crippen LogP contribution in [0.1, 0.15) is 17.5 Å². The minimum Gasteiger partial charge on any atom is -0.480 e. The molecule has 0 bridgehead atoms. The minimum absolute atomic E-state index is 0.0995. The molecule has 1 unspecified atom stereocenters. The van der Waals surface area contributed by atoms with Crippen LogP contribution in [0.4, 0.5) is 4.79 Å². The van der Waals surface area contributed by atoms with Crippen molar-refractivity contribution < 1.29 is 19.4 Å². The van der Waals surface area contributed by atoms with Crippen LogP contribution in [0.5, 0.6) is 0 Å². The van der Waals surface area contributed by atoms with Gasteiger partial charge in [-0.25, -0.2) is 9.59 Å². The maximum Gasteiger partial charge on any atom is 0.408 e. The van der Waals surface area contributed by atoms with Crippen molar-refractivity contribution in [2.45, 2.75) is 25.5 Å². The molecule has 0 saturated heterocycles. The van der Waals surface area contributed by atoms with Crippen LogP contribution in [0.2, 0.25) is 0 Å². The first-order valence-electron chi connectivity index (χ1n) is 8.80. The van der Waals surface area contributed by atoms with E-state index in [0.29, 0.717) is 6.42 Å². The molecule has 5 heteroatoms. The van der Waals surface area contributed by atoms with Gasteiger partial charge in [0, 0.05) is 0 Å². The lowest BCUT2D eigenvalue weighted by Crippen LogP contribution is -2.41. The average Bonchev–Trinajstić information content (AvgIpc) is 2.70. The van der Waals surface area contributed by atoms with Crippen molar-refractivity contribution in [1.82, 2.24) is 5.32 Å². The van der Waals surface area contributed by atoms with Crippen LogP contribution in [0.3, 0.4) is 0 Å². The number of carbonyl (C=O) groups excluding carboxylic acids is 1. The van der Waals surface area contributed by atoms with E-state index >= 15 is 0 Å². The number of ether oxygens (including phenoxy) is 1. The van der Waals surface area contributed by atoms with E-state index < -0.39 is 18.1 Å². The van der Waals surface area contributed by atoms with Gasteiger partial charge in [-0.3, -0.25) is 0 Å². The lowest BCUT2D eigenvalue weighted by molar-refractivity contribution is -0.139. The average molecular weight is 363 g/mol. The Kier molecular flexibility index (Phi) is 6.05. The van der Waals surface area contributed by atoms with Crippen LogP contribution in [0.25, 0.3) is 10.8 Å². The minimum atomic E-state index is -1.08. The molecule has 1 atom stereocenters.